The van der Waals surface area contributed by atoms with Gasteiger partial charge in [-0.05, 0) is 35.3 Å². The number of nitrogens with one attached hydrogen (secondary N) is 1. The molecule has 1 amide bonds. The average Bonchev–Trinajstić information content (AvgIpc) is 2.65. The summed E-state index contributed by atoms with van der Waals surface area (Å²) < 4.78 is 0.820. The van der Waals surface area contributed by atoms with E-state index in [-0.39, 0.29) is 5.91 Å². The monoisotopic (exact) mass is 319 g/mol. The quantitative estimate of drug-likeness (QED) is 0.877. The van der Waals surface area contributed by atoms with Gasteiger partial charge in [0.25, 0.3) is 5.91 Å². The lowest BCUT2D eigenvalue weighted by atomic mass is 9.96. The number of carboxylic acid groups (broad SMARTS) is 1. The number of hydrogen-bond acceptors (Lipinski definition) is 3. The van der Waals surface area contributed by atoms with Crippen molar-refractivity contribution < 1.29 is 14.7 Å². The summed E-state index contributed by atoms with van der Waals surface area (Å²) in [7, 11) is 0. The van der Waals surface area contributed by atoms with Crippen LogP contribution in [0.25, 0.3) is 0 Å². The molecule has 1 aromatic rings. The lowest BCUT2D eigenvalue weighted by Gasteiger charge is -2.25. The van der Waals surface area contributed by atoms with Crippen LogP contribution in [0.3, 0.4) is 0 Å². The predicted octanol–water partition coefficient (Wildman–Crippen LogP) is 2.88. The number of aliphatic carboxylic acids is 1. The molecule has 1 rings (SSSR count). The summed E-state index contributed by atoms with van der Waals surface area (Å²) in [5.41, 5.74) is -1.21. The van der Waals surface area contributed by atoms with E-state index in [1.54, 1.807) is 11.4 Å². The maximum Gasteiger partial charge on any atom is 0.329 e. The molecule has 6 heteroatoms. The van der Waals surface area contributed by atoms with E-state index in [4.69, 9.17) is 5.11 Å². The van der Waals surface area contributed by atoms with Gasteiger partial charge in [0, 0.05) is 9.85 Å². The van der Waals surface area contributed by atoms with Crippen LogP contribution in [0.4, 0.5) is 0 Å². The predicted molar refractivity (Wildman–Crippen MR) is 70.4 cm³/mol. The van der Waals surface area contributed by atoms with Gasteiger partial charge >= 0.3 is 5.97 Å². The third kappa shape index (κ3) is 3.54. The van der Waals surface area contributed by atoms with Crippen LogP contribution < -0.4 is 5.32 Å². The Hall–Kier alpha value is -0.880. The third-order valence-electron chi connectivity index (χ3n) is 2.40. The molecule has 0 bridgehead atoms. The molecule has 0 spiro atoms. The highest BCUT2D eigenvalue weighted by Crippen LogP contribution is 2.21. The van der Waals surface area contributed by atoms with E-state index in [0.29, 0.717) is 17.7 Å². The number of carbonyl (C=O) groups is 2. The summed E-state index contributed by atoms with van der Waals surface area (Å²) in [4.78, 5) is 23.5. The Morgan fingerprint density at radius 2 is 2.24 bits per heavy atom. The minimum atomic E-state index is -1.21. The van der Waals surface area contributed by atoms with Gasteiger partial charge in [-0.15, -0.1) is 11.3 Å². The Balaban J connectivity index is 2.81. The summed E-state index contributed by atoms with van der Waals surface area (Å²) in [6.45, 7) is 3.41. The van der Waals surface area contributed by atoms with E-state index in [9.17, 15) is 9.59 Å². The van der Waals surface area contributed by atoms with Gasteiger partial charge in [-0.2, -0.15) is 0 Å². The molecule has 4 nitrogen and oxygen atoms in total. The van der Waals surface area contributed by atoms with Gasteiger partial charge < -0.3 is 10.4 Å². The van der Waals surface area contributed by atoms with Crippen molar-refractivity contribution in [2.75, 3.05) is 0 Å². The molecule has 0 aliphatic rings. The summed E-state index contributed by atoms with van der Waals surface area (Å²) in [5, 5.41) is 13.5. The zero-order valence-corrected chi connectivity index (χ0v) is 12.0. The molecule has 0 saturated carbocycles. The maximum absolute atomic E-state index is 11.9. The standard InChI is InChI=1S/C11H14BrNO3S/c1-3-4-11(2,10(15)16)13-9(14)8-5-7(12)6-17-8/h5-6H,3-4H2,1-2H3,(H,13,14)(H,15,16). The molecular formula is C11H14BrNO3S. The summed E-state index contributed by atoms with van der Waals surface area (Å²) >= 11 is 4.53. The van der Waals surface area contributed by atoms with Crippen LogP contribution in [0.15, 0.2) is 15.9 Å². The van der Waals surface area contributed by atoms with Crippen LogP contribution in [-0.2, 0) is 4.79 Å². The van der Waals surface area contributed by atoms with Crippen molar-refractivity contribution >= 4 is 39.1 Å². The SMILES string of the molecule is CCCC(C)(NC(=O)c1cc(Br)cs1)C(=O)O. The second-order valence-corrected chi connectivity index (χ2v) is 5.80. The first kappa shape index (κ1) is 14.2. The van der Waals surface area contributed by atoms with Gasteiger partial charge in [-0.1, -0.05) is 13.3 Å². The van der Waals surface area contributed by atoms with Gasteiger partial charge in [-0.3, -0.25) is 4.79 Å². The van der Waals surface area contributed by atoms with Crippen LogP contribution in [-0.4, -0.2) is 22.5 Å². The first-order valence-corrected chi connectivity index (χ1v) is 6.86. The number of rotatable bonds is 5. The average molecular weight is 320 g/mol. The minimum absolute atomic E-state index is 0.348. The van der Waals surface area contributed by atoms with Crippen molar-refractivity contribution in [2.24, 2.45) is 0 Å². The zero-order chi connectivity index (χ0) is 13.1. The van der Waals surface area contributed by atoms with Crippen LogP contribution in [0, 0.1) is 0 Å². The van der Waals surface area contributed by atoms with E-state index >= 15 is 0 Å². The van der Waals surface area contributed by atoms with E-state index in [2.05, 4.69) is 21.2 Å². The largest absolute Gasteiger partial charge is 0.480 e. The molecule has 0 aromatic carbocycles. The van der Waals surface area contributed by atoms with Gasteiger partial charge in [0.2, 0.25) is 0 Å². The zero-order valence-electron chi connectivity index (χ0n) is 9.62. The Labute approximate surface area is 112 Å². The van der Waals surface area contributed by atoms with E-state index < -0.39 is 11.5 Å². The van der Waals surface area contributed by atoms with Crippen molar-refractivity contribution in [2.45, 2.75) is 32.2 Å². The number of hydrogen-bond donors (Lipinski definition) is 2. The molecule has 0 radical (unpaired) electrons. The lowest BCUT2D eigenvalue weighted by Crippen LogP contribution is -2.51. The molecule has 1 unspecified atom stereocenters. The van der Waals surface area contributed by atoms with Gasteiger partial charge in [-0.25, -0.2) is 4.79 Å². The molecule has 17 heavy (non-hydrogen) atoms. The molecular weight excluding hydrogens is 306 g/mol. The van der Waals surface area contributed by atoms with Crippen LogP contribution in [0.5, 0.6) is 0 Å². The van der Waals surface area contributed by atoms with Crippen molar-refractivity contribution in [3.8, 4) is 0 Å². The molecule has 0 saturated heterocycles. The first-order valence-electron chi connectivity index (χ1n) is 5.19. The second kappa shape index (κ2) is 5.64. The smallest absolute Gasteiger partial charge is 0.329 e. The van der Waals surface area contributed by atoms with E-state index in [0.717, 1.165) is 4.47 Å². The summed E-state index contributed by atoms with van der Waals surface area (Å²) in [6, 6.07) is 1.67. The Bertz CT molecular complexity index is 432. The lowest BCUT2D eigenvalue weighted by molar-refractivity contribution is -0.144. The van der Waals surface area contributed by atoms with Gasteiger partial charge in [0.1, 0.15) is 5.54 Å². The van der Waals surface area contributed by atoms with Crippen LogP contribution in [0.2, 0.25) is 0 Å². The summed E-state index contributed by atoms with van der Waals surface area (Å²) in [5.74, 6) is -1.36. The highest BCUT2D eigenvalue weighted by molar-refractivity contribution is 9.10. The molecule has 2 N–H and O–H groups in total. The highest BCUT2D eigenvalue weighted by Gasteiger charge is 2.34. The van der Waals surface area contributed by atoms with E-state index in [1.807, 2.05) is 6.92 Å². The number of thiophene rings is 1. The van der Waals surface area contributed by atoms with Gasteiger partial charge in [0.15, 0.2) is 0 Å². The fourth-order valence-electron chi connectivity index (χ4n) is 1.47. The highest BCUT2D eigenvalue weighted by atomic mass is 79.9. The number of amides is 1. The first-order chi connectivity index (χ1) is 7.89. The fraction of sp³-hybridized carbons (Fsp3) is 0.455. The topological polar surface area (TPSA) is 66.4 Å². The third-order valence-corrected chi connectivity index (χ3v) is 4.09. The van der Waals surface area contributed by atoms with Crippen LogP contribution in [0.1, 0.15) is 36.4 Å². The minimum Gasteiger partial charge on any atom is -0.480 e. The normalized spacial score (nSPS) is 14.1. The maximum atomic E-state index is 11.9. The second-order valence-electron chi connectivity index (χ2n) is 3.97. The molecule has 1 heterocycles. The Morgan fingerprint density at radius 1 is 1.59 bits per heavy atom. The molecule has 94 valence electrons. The fourth-order valence-corrected chi connectivity index (χ4v) is 2.79. The van der Waals surface area contributed by atoms with Crippen molar-refractivity contribution in [1.82, 2.24) is 5.32 Å². The number of carbonyl (C=O) groups excluding carboxylic acids is 1. The van der Waals surface area contributed by atoms with Crippen molar-refractivity contribution in [3.05, 3.63) is 20.8 Å². The molecule has 0 fully saturated rings. The Morgan fingerprint density at radius 3 is 2.65 bits per heavy atom. The molecule has 1 aromatic heterocycles. The number of halogens is 1. The van der Waals surface area contributed by atoms with Crippen molar-refractivity contribution in [3.63, 3.8) is 0 Å². The summed E-state index contributed by atoms with van der Waals surface area (Å²) in [6.07, 6.45) is 1.10. The molecule has 0 aliphatic carbocycles. The molecule has 0 aliphatic heterocycles. The van der Waals surface area contributed by atoms with Crippen molar-refractivity contribution in [1.29, 1.82) is 0 Å². The van der Waals surface area contributed by atoms with E-state index in [1.165, 1.54) is 18.3 Å². The molecule has 1 atom stereocenters. The number of carboxylic acids is 1. The van der Waals surface area contributed by atoms with Gasteiger partial charge in [0.05, 0.1) is 4.88 Å². The Kier molecular flexibility index (Phi) is 4.70. The van der Waals surface area contributed by atoms with Crippen LogP contribution >= 0.6 is 27.3 Å².